The van der Waals surface area contributed by atoms with Gasteiger partial charge in [-0.25, -0.2) is 0 Å². The van der Waals surface area contributed by atoms with Crippen LogP contribution in [0.25, 0.3) is 6.08 Å². The van der Waals surface area contributed by atoms with Crippen molar-refractivity contribution < 1.29 is 9.47 Å². The van der Waals surface area contributed by atoms with Crippen LogP contribution in [0.3, 0.4) is 0 Å². The normalized spacial score (nSPS) is 15.1. The molecule has 0 unspecified atom stereocenters. The average Bonchev–Trinajstić information content (AvgIpc) is 2.76. The standard InChI is InChI=1S/C25H24N2O2/c1-18-6-3-9-22(14-18)29-23-11-10-19(16-24(23)28-2)15-20-7-5-13-27-25(20)21-8-4-12-26-17-21/h3-4,6,8-12,14-17H,5,7,13H2,1-2H3. The predicted octanol–water partition coefficient (Wildman–Crippen LogP) is 5.86. The third-order valence-corrected chi connectivity index (χ3v) is 4.86. The first-order valence-electron chi connectivity index (χ1n) is 9.81. The molecule has 3 aromatic rings. The first-order valence-corrected chi connectivity index (χ1v) is 9.81. The third kappa shape index (κ3) is 4.54. The Morgan fingerprint density at radius 1 is 1.00 bits per heavy atom. The van der Waals surface area contributed by atoms with Crippen LogP contribution in [0.2, 0.25) is 0 Å². The van der Waals surface area contributed by atoms with E-state index < -0.39 is 0 Å². The Bertz CT molecular complexity index is 1060. The van der Waals surface area contributed by atoms with Gasteiger partial charge in [0.05, 0.1) is 12.8 Å². The Morgan fingerprint density at radius 2 is 1.93 bits per heavy atom. The summed E-state index contributed by atoms with van der Waals surface area (Å²) in [6, 6.07) is 18.0. The van der Waals surface area contributed by atoms with Gasteiger partial charge in [0.15, 0.2) is 11.5 Å². The third-order valence-electron chi connectivity index (χ3n) is 4.86. The van der Waals surface area contributed by atoms with E-state index in [9.17, 15) is 0 Å². The first-order chi connectivity index (χ1) is 14.2. The number of nitrogens with zero attached hydrogens (tertiary/aromatic N) is 2. The lowest BCUT2D eigenvalue weighted by Crippen LogP contribution is -2.11. The maximum Gasteiger partial charge on any atom is 0.169 e. The van der Waals surface area contributed by atoms with Crippen LogP contribution in [0.1, 0.15) is 29.5 Å². The fourth-order valence-corrected chi connectivity index (χ4v) is 3.47. The lowest BCUT2D eigenvalue weighted by atomic mass is 9.95. The van der Waals surface area contributed by atoms with Crippen molar-refractivity contribution in [2.45, 2.75) is 19.8 Å². The van der Waals surface area contributed by atoms with Gasteiger partial charge < -0.3 is 9.47 Å². The van der Waals surface area contributed by atoms with Crippen LogP contribution >= 0.6 is 0 Å². The van der Waals surface area contributed by atoms with Crippen molar-refractivity contribution in [1.82, 2.24) is 4.98 Å². The Morgan fingerprint density at radius 3 is 2.72 bits per heavy atom. The predicted molar refractivity (Wildman–Crippen MR) is 117 cm³/mol. The van der Waals surface area contributed by atoms with E-state index in [1.165, 1.54) is 5.57 Å². The van der Waals surface area contributed by atoms with Crippen molar-refractivity contribution in [2.75, 3.05) is 13.7 Å². The summed E-state index contributed by atoms with van der Waals surface area (Å²) in [6.45, 7) is 2.90. The maximum absolute atomic E-state index is 6.04. The van der Waals surface area contributed by atoms with E-state index in [1.807, 2.05) is 55.6 Å². The molecule has 29 heavy (non-hydrogen) atoms. The average molecular weight is 384 g/mol. The molecular weight excluding hydrogens is 360 g/mol. The summed E-state index contributed by atoms with van der Waals surface area (Å²) < 4.78 is 11.6. The zero-order valence-corrected chi connectivity index (χ0v) is 16.8. The number of methoxy groups -OCH3 is 1. The Kier molecular flexibility index (Phi) is 5.71. The summed E-state index contributed by atoms with van der Waals surface area (Å²) in [5.74, 6) is 2.20. The molecule has 146 valence electrons. The molecule has 4 heteroatoms. The van der Waals surface area contributed by atoms with Crippen LogP contribution in [-0.2, 0) is 0 Å². The second kappa shape index (κ2) is 8.74. The molecule has 1 aromatic heterocycles. The molecule has 2 heterocycles. The van der Waals surface area contributed by atoms with Crippen molar-refractivity contribution in [2.24, 2.45) is 4.99 Å². The molecule has 0 bridgehead atoms. The van der Waals surface area contributed by atoms with Gasteiger partial charge in [-0.15, -0.1) is 0 Å². The summed E-state index contributed by atoms with van der Waals surface area (Å²) in [4.78, 5) is 9.00. The lowest BCUT2D eigenvalue weighted by Gasteiger charge is -2.17. The van der Waals surface area contributed by atoms with Crippen molar-refractivity contribution in [3.63, 3.8) is 0 Å². The zero-order chi connectivity index (χ0) is 20.1. The van der Waals surface area contributed by atoms with Gasteiger partial charge in [0.2, 0.25) is 0 Å². The smallest absolute Gasteiger partial charge is 0.169 e. The van der Waals surface area contributed by atoms with Gasteiger partial charge in [-0.2, -0.15) is 0 Å². The van der Waals surface area contributed by atoms with Gasteiger partial charge >= 0.3 is 0 Å². The van der Waals surface area contributed by atoms with Gasteiger partial charge in [-0.3, -0.25) is 9.98 Å². The van der Waals surface area contributed by atoms with Gasteiger partial charge in [0.1, 0.15) is 5.75 Å². The first kappa shape index (κ1) is 18.9. The molecule has 0 N–H and O–H groups in total. The molecule has 0 saturated heterocycles. The maximum atomic E-state index is 6.04. The van der Waals surface area contributed by atoms with E-state index in [-0.39, 0.29) is 0 Å². The monoisotopic (exact) mass is 384 g/mol. The van der Waals surface area contributed by atoms with E-state index in [0.717, 1.165) is 47.5 Å². The molecule has 0 fully saturated rings. The van der Waals surface area contributed by atoms with Crippen LogP contribution in [0.5, 0.6) is 17.2 Å². The highest BCUT2D eigenvalue weighted by atomic mass is 16.5. The Balaban J connectivity index is 1.63. The number of benzene rings is 2. The lowest BCUT2D eigenvalue weighted by molar-refractivity contribution is 0.378. The van der Waals surface area contributed by atoms with Crippen molar-refractivity contribution in [1.29, 1.82) is 0 Å². The summed E-state index contributed by atoms with van der Waals surface area (Å²) in [6.07, 6.45) is 7.90. The fraction of sp³-hybridized carbons (Fsp3) is 0.200. The highest BCUT2D eigenvalue weighted by Gasteiger charge is 2.15. The molecule has 4 nitrogen and oxygen atoms in total. The van der Waals surface area contributed by atoms with Crippen LogP contribution in [0.15, 0.2) is 77.6 Å². The minimum absolute atomic E-state index is 0.699. The summed E-state index contributed by atoms with van der Waals surface area (Å²) in [7, 11) is 1.67. The van der Waals surface area contributed by atoms with Crippen molar-refractivity contribution in [3.8, 4) is 17.2 Å². The minimum Gasteiger partial charge on any atom is -0.493 e. The van der Waals surface area contributed by atoms with Gasteiger partial charge in [-0.1, -0.05) is 18.2 Å². The van der Waals surface area contributed by atoms with E-state index in [0.29, 0.717) is 11.5 Å². The minimum atomic E-state index is 0.699. The number of aliphatic imine (C=N–C) groups is 1. The van der Waals surface area contributed by atoms with E-state index in [2.05, 4.69) is 23.2 Å². The number of ether oxygens (including phenoxy) is 2. The second-order valence-electron chi connectivity index (χ2n) is 7.07. The second-order valence-corrected chi connectivity index (χ2v) is 7.07. The van der Waals surface area contributed by atoms with Crippen LogP contribution < -0.4 is 9.47 Å². The number of rotatable bonds is 5. The van der Waals surface area contributed by atoms with Gasteiger partial charge in [0, 0.05) is 24.5 Å². The summed E-state index contributed by atoms with van der Waals surface area (Å²) >= 11 is 0. The van der Waals surface area contributed by atoms with E-state index in [1.54, 1.807) is 13.3 Å². The van der Waals surface area contributed by atoms with Gasteiger partial charge in [-0.05, 0) is 78.9 Å². The number of aromatic nitrogens is 1. The number of hydrogen-bond acceptors (Lipinski definition) is 4. The quantitative estimate of drug-likeness (QED) is 0.553. The number of aryl methyl sites for hydroxylation is 1. The molecule has 4 rings (SSSR count). The zero-order valence-electron chi connectivity index (χ0n) is 16.8. The van der Waals surface area contributed by atoms with Crippen LogP contribution in [0.4, 0.5) is 0 Å². The molecule has 2 aromatic carbocycles. The largest absolute Gasteiger partial charge is 0.493 e. The Hall–Kier alpha value is -3.40. The SMILES string of the molecule is COc1cc(C=C2CCCN=C2c2cccnc2)ccc1Oc1cccc(C)c1. The Labute approximate surface area is 171 Å². The van der Waals surface area contributed by atoms with Crippen LogP contribution in [0, 0.1) is 6.92 Å². The molecule has 0 amide bonds. The highest BCUT2D eigenvalue weighted by molar-refractivity contribution is 6.15. The van der Waals surface area contributed by atoms with E-state index in [4.69, 9.17) is 14.5 Å². The van der Waals surface area contributed by atoms with E-state index >= 15 is 0 Å². The molecular formula is C25H24N2O2. The van der Waals surface area contributed by atoms with Crippen molar-refractivity contribution in [3.05, 3.63) is 89.3 Å². The highest BCUT2D eigenvalue weighted by Crippen LogP contribution is 2.33. The molecule has 0 saturated carbocycles. The number of hydrogen-bond donors (Lipinski definition) is 0. The molecule has 1 aliphatic rings. The number of pyridine rings is 1. The summed E-state index contributed by atoms with van der Waals surface area (Å²) in [5, 5.41) is 0. The molecule has 0 atom stereocenters. The molecule has 0 radical (unpaired) electrons. The number of allylic oxidation sites excluding steroid dienone is 1. The summed E-state index contributed by atoms with van der Waals surface area (Å²) in [5.41, 5.74) is 5.53. The molecule has 1 aliphatic heterocycles. The fourth-order valence-electron chi connectivity index (χ4n) is 3.47. The molecule has 0 spiro atoms. The van der Waals surface area contributed by atoms with Gasteiger partial charge in [0.25, 0.3) is 0 Å². The van der Waals surface area contributed by atoms with Crippen LogP contribution in [-0.4, -0.2) is 24.4 Å². The molecule has 0 aliphatic carbocycles. The topological polar surface area (TPSA) is 43.7 Å². The van der Waals surface area contributed by atoms with Crippen molar-refractivity contribution >= 4 is 11.8 Å².